The fourth-order valence-electron chi connectivity index (χ4n) is 5.51. The zero-order chi connectivity index (χ0) is 30.3. The van der Waals surface area contributed by atoms with Crippen molar-refractivity contribution < 1.29 is 18.8 Å². The topological polar surface area (TPSA) is 80.9 Å². The molecule has 8 nitrogen and oxygen atoms in total. The fourth-order valence-corrected chi connectivity index (χ4v) is 5.51. The summed E-state index contributed by atoms with van der Waals surface area (Å²) in [6.45, 7) is 10.3. The third-order valence-corrected chi connectivity index (χ3v) is 8.20. The van der Waals surface area contributed by atoms with Gasteiger partial charge in [-0.15, -0.1) is 0 Å². The van der Waals surface area contributed by atoms with Crippen molar-refractivity contribution >= 4 is 5.91 Å². The van der Waals surface area contributed by atoms with Crippen molar-refractivity contribution in [1.29, 1.82) is 0 Å². The summed E-state index contributed by atoms with van der Waals surface area (Å²) in [6.07, 6.45) is 3.17. The molecule has 0 saturated carbocycles. The van der Waals surface area contributed by atoms with Crippen LogP contribution in [0.1, 0.15) is 54.6 Å². The molecule has 1 saturated heterocycles. The van der Waals surface area contributed by atoms with Gasteiger partial charge in [0.15, 0.2) is 11.5 Å². The normalized spacial score (nSPS) is 14.2. The Morgan fingerprint density at radius 1 is 0.953 bits per heavy atom. The van der Waals surface area contributed by atoms with E-state index in [0.29, 0.717) is 35.7 Å². The summed E-state index contributed by atoms with van der Waals surface area (Å²) in [7, 11) is 3.19. The molecule has 226 valence electrons. The van der Waals surface area contributed by atoms with Gasteiger partial charge in [-0.2, -0.15) is 4.98 Å². The summed E-state index contributed by atoms with van der Waals surface area (Å²) in [5.74, 6) is 2.91. The zero-order valence-corrected chi connectivity index (χ0v) is 25.9. The van der Waals surface area contributed by atoms with Gasteiger partial charge in [0.2, 0.25) is 5.82 Å². The molecule has 0 atom stereocenters. The van der Waals surface area contributed by atoms with Crippen molar-refractivity contribution in [2.45, 2.75) is 52.6 Å². The monoisotopic (exact) mass is 582 g/mol. The molecular formula is C35H42N4O4. The molecule has 3 aromatic carbocycles. The highest BCUT2D eigenvalue weighted by molar-refractivity contribution is 5.94. The van der Waals surface area contributed by atoms with E-state index in [1.807, 2.05) is 61.5 Å². The lowest BCUT2D eigenvalue weighted by Crippen LogP contribution is -2.47. The van der Waals surface area contributed by atoms with E-state index >= 15 is 0 Å². The van der Waals surface area contributed by atoms with Crippen molar-refractivity contribution in [2.75, 3.05) is 33.9 Å². The van der Waals surface area contributed by atoms with Gasteiger partial charge in [0.25, 0.3) is 11.8 Å². The van der Waals surface area contributed by atoms with Gasteiger partial charge in [-0.1, -0.05) is 61.0 Å². The first-order chi connectivity index (χ1) is 20.8. The van der Waals surface area contributed by atoms with Gasteiger partial charge in [0, 0.05) is 42.4 Å². The first-order valence-electron chi connectivity index (χ1n) is 15.1. The second kappa shape index (κ2) is 13.9. The van der Waals surface area contributed by atoms with Crippen LogP contribution in [0.2, 0.25) is 0 Å². The van der Waals surface area contributed by atoms with Crippen LogP contribution in [-0.2, 0) is 6.54 Å². The summed E-state index contributed by atoms with van der Waals surface area (Å²) in [5, 5.41) is 4.21. The number of amides is 1. The van der Waals surface area contributed by atoms with E-state index in [1.165, 1.54) is 6.42 Å². The molecule has 1 fully saturated rings. The van der Waals surface area contributed by atoms with E-state index in [-0.39, 0.29) is 11.9 Å². The molecule has 5 rings (SSSR count). The van der Waals surface area contributed by atoms with E-state index in [0.717, 1.165) is 60.3 Å². The molecule has 1 aromatic heterocycles. The SMILES string of the molecule is COc1ccc(-c2nc(-c3ccc(CN(C(=O)c4ccc(C)cc4)C4CCN(CCC(C)C)CC4)cc3)no2)cc1OC. The van der Waals surface area contributed by atoms with E-state index in [2.05, 4.69) is 45.9 Å². The predicted octanol–water partition coefficient (Wildman–Crippen LogP) is 6.88. The lowest BCUT2D eigenvalue weighted by molar-refractivity contribution is 0.0546. The Morgan fingerprint density at radius 3 is 2.28 bits per heavy atom. The molecule has 0 N–H and O–H groups in total. The first-order valence-corrected chi connectivity index (χ1v) is 15.1. The van der Waals surface area contributed by atoms with Crippen LogP contribution in [-0.4, -0.2) is 65.7 Å². The highest BCUT2D eigenvalue weighted by atomic mass is 16.5. The summed E-state index contributed by atoms with van der Waals surface area (Å²) in [5.41, 5.74) is 4.53. The minimum atomic E-state index is 0.0856. The standard InChI is InChI=1S/C35H42N4O4/c1-24(2)16-19-38-20-17-30(18-21-38)39(35(40)28-10-6-25(3)7-11-28)23-26-8-12-27(13-9-26)33-36-34(43-37-33)29-14-15-31(41-4)32(22-29)42-5/h6-15,22,24,30H,16-21,23H2,1-5H3. The van der Waals surface area contributed by atoms with Crippen molar-refractivity contribution in [2.24, 2.45) is 5.92 Å². The lowest BCUT2D eigenvalue weighted by Gasteiger charge is -2.39. The average molecular weight is 583 g/mol. The second-order valence-corrected chi connectivity index (χ2v) is 11.7. The number of likely N-dealkylation sites (tertiary alicyclic amines) is 1. The quantitative estimate of drug-likeness (QED) is 0.191. The van der Waals surface area contributed by atoms with E-state index in [9.17, 15) is 4.79 Å². The van der Waals surface area contributed by atoms with Crippen molar-refractivity contribution in [3.8, 4) is 34.3 Å². The number of nitrogens with zero attached hydrogens (tertiary/aromatic N) is 4. The number of rotatable bonds is 11. The smallest absolute Gasteiger partial charge is 0.258 e. The van der Waals surface area contributed by atoms with E-state index < -0.39 is 0 Å². The third-order valence-electron chi connectivity index (χ3n) is 8.20. The number of aryl methyl sites for hydroxylation is 1. The van der Waals surface area contributed by atoms with Crippen LogP contribution in [0.25, 0.3) is 22.8 Å². The molecular weight excluding hydrogens is 540 g/mol. The predicted molar refractivity (Wildman–Crippen MR) is 168 cm³/mol. The number of ether oxygens (including phenoxy) is 2. The Kier molecular flexibility index (Phi) is 9.77. The molecule has 1 amide bonds. The van der Waals surface area contributed by atoms with Gasteiger partial charge >= 0.3 is 0 Å². The Morgan fingerprint density at radius 2 is 1.63 bits per heavy atom. The van der Waals surface area contributed by atoms with Crippen LogP contribution in [0.5, 0.6) is 11.5 Å². The first kappa shape index (κ1) is 30.3. The van der Waals surface area contributed by atoms with Gasteiger partial charge in [-0.3, -0.25) is 4.79 Å². The molecule has 0 unspecified atom stereocenters. The average Bonchev–Trinajstić information content (AvgIpc) is 3.53. The number of carbonyl (C=O) groups is 1. The van der Waals surface area contributed by atoms with Gasteiger partial charge in [-0.25, -0.2) is 0 Å². The number of benzene rings is 3. The van der Waals surface area contributed by atoms with Crippen molar-refractivity contribution in [1.82, 2.24) is 19.9 Å². The van der Waals surface area contributed by atoms with E-state index in [4.69, 9.17) is 14.0 Å². The number of piperidine rings is 1. The highest BCUT2D eigenvalue weighted by Crippen LogP contribution is 2.32. The molecule has 0 spiro atoms. The van der Waals surface area contributed by atoms with Crippen molar-refractivity contribution in [3.63, 3.8) is 0 Å². The molecule has 0 radical (unpaired) electrons. The second-order valence-electron chi connectivity index (χ2n) is 11.7. The molecule has 0 bridgehead atoms. The number of aromatic nitrogens is 2. The Hall–Kier alpha value is -4.17. The summed E-state index contributed by atoms with van der Waals surface area (Å²) >= 11 is 0. The Labute approximate surface area is 254 Å². The number of methoxy groups -OCH3 is 2. The molecule has 43 heavy (non-hydrogen) atoms. The van der Waals surface area contributed by atoms with E-state index in [1.54, 1.807) is 14.2 Å². The van der Waals surface area contributed by atoms with Crippen LogP contribution in [0.15, 0.2) is 71.3 Å². The minimum Gasteiger partial charge on any atom is -0.493 e. The van der Waals surface area contributed by atoms with Gasteiger partial charge < -0.3 is 23.8 Å². The zero-order valence-electron chi connectivity index (χ0n) is 25.9. The molecule has 1 aliphatic heterocycles. The Bertz CT molecular complexity index is 1490. The third kappa shape index (κ3) is 7.43. The highest BCUT2D eigenvalue weighted by Gasteiger charge is 2.29. The van der Waals surface area contributed by atoms with Gasteiger partial charge in [-0.05, 0) is 74.5 Å². The number of carbonyl (C=O) groups excluding carboxylic acids is 1. The van der Waals surface area contributed by atoms with Crippen LogP contribution in [0, 0.1) is 12.8 Å². The van der Waals surface area contributed by atoms with Crippen molar-refractivity contribution in [3.05, 3.63) is 83.4 Å². The largest absolute Gasteiger partial charge is 0.493 e. The maximum absolute atomic E-state index is 13.8. The molecule has 2 heterocycles. The van der Waals surface area contributed by atoms with Crippen LogP contribution in [0.3, 0.4) is 0 Å². The minimum absolute atomic E-state index is 0.0856. The summed E-state index contributed by atoms with van der Waals surface area (Å²) in [6, 6.07) is 21.7. The van der Waals surface area contributed by atoms with Crippen LogP contribution in [0.4, 0.5) is 0 Å². The van der Waals surface area contributed by atoms with Crippen LogP contribution < -0.4 is 9.47 Å². The maximum atomic E-state index is 13.8. The maximum Gasteiger partial charge on any atom is 0.258 e. The number of hydrogen-bond acceptors (Lipinski definition) is 7. The molecule has 1 aliphatic rings. The molecule has 8 heteroatoms. The summed E-state index contributed by atoms with van der Waals surface area (Å²) in [4.78, 5) is 23.1. The lowest BCUT2D eigenvalue weighted by atomic mass is 9.99. The fraction of sp³-hybridized carbons (Fsp3) is 0.400. The van der Waals surface area contributed by atoms with Gasteiger partial charge in [0.1, 0.15) is 0 Å². The Balaban J connectivity index is 1.31. The molecule has 4 aromatic rings. The van der Waals surface area contributed by atoms with Crippen LogP contribution >= 0.6 is 0 Å². The summed E-state index contributed by atoms with van der Waals surface area (Å²) < 4.78 is 16.3. The molecule has 0 aliphatic carbocycles. The number of hydrogen-bond donors (Lipinski definition) is 0. The van der Waals surface area contributed by atoms with Gasteiger partial charge in [0.05, 0.1) is 14.2 Å².